The summed E-state index contributed by atoms with van der Waals surface area (Å²) in [5.74, 6) is 0. The predicted octanol–water partition coefficient (Wildman–Crippen LogP) is 3.51. The van der Waals surface area contributed by atoms with E-state index in [0.717, 1.165) is 35.3 Å². The van der Waals surface area contributed by atoms with Gasteiger partial charge in [0.1, 0.15) is 0 Å². The van der Waals surface area contributed by atoms with Crippen molar-refractivity contribution in [1.82, 2.24) is 9.47 Å². The van der Waals surface area contributed by atoms with Gasteiger partial charge in [0.05, 0.1) is 23.8 Å². The number of rotatable bonds is 4. The van der Waals surface area contributed by atoms with E-state index < -0.39 is 5.60 Å². The summed E-state index contributed by atoms with van der Waals surface area (Å²) < 4.78 is 1.60. The Hall–Kier alpha value is -3.20. The molecule has 0 amide bonds. The molecule has 0 saturated carbocycles. The Labute approximate surface area is 176 Å². The molecule has 3 aromatic rings. The number of benzene rings is 2. The molecule has 1 aromatic heterocycles. The molecule has 2 heterocycles. The van der Waals surface area contributed by atoms with Crippen LogP contribution in [0.1, 0.15) is 18.4 Å². The molecule has 5 heteroatoms. The molecule has 0 bridgehead atoms. The molecule has 152 valence electrons. The lowest BCUT2D eigenvalue weighted by Gasteiger charge is -2.37. The molecule has 0 spiro atoms. The van der Waals surface area contributed by atoms with Crippen molar-refractivity contribution in [3.8, 4) is 28.3 Å². The highest BCUT2D eigenvalue weighted by molar-refractivity contribution is 5.85. The number of nitrogens with zero attached hydrogens (tertiary/aromatic N) is 3. The van der Waals surface area contributed by atoms with Crippen molar-refractivity contribution in [2.75, 3.05) is 20.1 Å². The molecule has 30 heavy (non-hydrogen) atoms. The lowest BCUT2D eigenvalue weighted by atomic mass is 9.90. The van der Waals surface area contributed by atoms with Gasteiger partial charge in [0.25, 0.3) is 5.56 Å². The number of piperidine rings is 1. The van der Waals surface area contributed by atoms with Crippen molar-refractivity contribution in [2.45, 2.75) is 25.0 Å². The summed E-state index contributed by atoms with van der Waals surface area (Å²) in [5.41, 5.74) is 2.79. The van der Waals surface area contributed by atoms with Gasteiger partial charge in [-0.05, 0) is 37.1 Å². The zero-order valence-electron chi connectivity index (χ0n) is 17.1. The summed E-state index contributed by atoms with van der Waals surface area (Å²) in [6.07, 6.45) is 3.05. The van der Waals surface area contributed by atoms with Gasteiger partial charge in [-0.2, -0.15) is 5.26 Å². The summed E-state index contributed by atoms with van der Waals surface area (Å²) in [6.45, 7) is 1.85. The van der Waals surface area contributed by atoms with Crippen molar-refractivity contribution in [3.05, 3.63) is 82.8 Å². The Balaban J connectivity index is 1.85. The van der Waals surface area contributed by atoms with Crippen LogP contribution in [0.25, 0.3) is 22.3 Å². The van der Waals surface area contributed by atoms with E-state index in [4.69, 9.17) is 0 Å². The number of nitriles is 1. The van der Waals surface area contributed by atoms with Gasteiger partial charge in [-0.15, -0.1) is 0 Å². The minimum Gasteiger partial charge on any atom is -0.388 e. The van der Waals surface area contributed by atoms with Crippen LogP contribution in [0.3, 0.4) is 0 Å². The standard InChI is InChI=1S/C25H25N3O2/c1-27-13-11-25(30,12-14-27)18-28-17-23(21-10-6-5-9-20(21)16-26)22(15-24(28)29)19-7-3-2-4-8-19/h2-10,15,17,30H,11-14,18H2,1H3. The minimum absolute atomic E-state index is 0.153. The first-order valence-electron chi connectivity index (χ1n) is 10.2. The van der Waals surface area contributed by atoms with Gasteiger partial charge in [0.2, 0.25) is 0 Å². The Morgan fingerprint density at radius 2 is 1.67 bits per heavy atom. The molecule has 5 nitrogen and oxygen atoms in total. The number of hydrogen-bond acceptors (Lipinski definition) is 4. The average Bonchev–Trinajstić information content (AvgIpc) is 2.78. The van der Waals surface area contributed by atoms with Crippen LogP contribution in [0.4, 0.5) is 0 Å². The quantitative estimate of drug-likeness (QED) is 0.729. The molecule has 4 rings (SSSR count). The van der Waals surface area contributed by atoms with E-state index in [9.17, 15) is 15.2 Å². The first-order chi connectivity index (χ1) is 14.5. The van der Waals surface area contributed by atoms with Crippen LogP contribution in [-0.2, 0) is 6.54 Å². The number of likely N-dealkylation sites (tertiary alicyclic amines) is 1. The van der Waals surface area contributed by atoms with Crippen LogP contribution < -0.4 is 5.56 Å². The van der Waals surface area contributed by atoms with Crippen molar-refractivity contribution in [3.63, 3.8) is 0 Å². The van der Waals surface area contributed by atoms with E-state index >= 15 is 0 Å². The van der Waals surface area contributed by atoms with Crippen molar-refractivity contribution in [2.24, 2.45) is 0 Å². The van der Waals surface area contributed by atoms with Gasteiger partial charge < -0.3 is 14.6 Å². The van der Waals surface area contributed by atoms with Crippen LogP contribution >= 0.6 is 0 Å². The van der Waals surface area contributed by atoms with E-state index in [-0.39, 0.29) is 12.1 Å². The highest BCUT2D eigenvalue weighted by Gasteiger charge is 2.32. The third-order valence-corrected chi connectivity index (χ3v) is 5.93. The SMILES string of the molecule is CN1CCC(O)(Cn2cc(-c3ccccc3C#N)c(-c3ccccc3)cc2=O)CC1. The summed E-state index contributed by atoms with van der Waals surface area (Å²) in [7, 11) is 2.04. The Morgan fingerprint density at radius 1 is 1.00 bits per heavy atom. The highest BCUT2D eigenvalue weighted by atomic mass is 16.3. The maximum atomic E-state index is 13.0. The van der Waals surface area contributed by atoms with Crippen LogP contribution in [0.2, 0.25) is 0 Å². The fourth-order valence-electron chi connectivity index (χ4n) is 4.09. The van der Waals surface area contributed by atoms with Gasteiger partial charge in [-0.1, -0.05) is 48.5 Å². The molecular weight excluding hydrogens is 374 g/mol. The van der Waals surface area contributed by atoms with Gasteiger partial charge in [-0.25, -0.2) is 0 Å². The van der Waals surface area contributed by atoms with Gasteiger partial charge in [-0.3, -0.25) is 4.79 Å². The normalized spacial score (nSPS) is 16.2. The number of hydrogen-bond donors (Lipinski definition) is 1. The fourth-order valence-corrected chi connectivity index (χ4v) is 4.09. The topological polar surface area (TPSA) is 69.3 Å². The zero-order valence-corrected chi connectivity index (χ0v) is 17.1. The van der Waals surface area contributed by atoms with Gasteiger partial charge in [0.15, 0.2) is 0 Å². The molecule has 0 radical (unpaired) electrons. The zero-order chi connectivity index (χ0) is 21.1. The van der Waals surface area contributed by atoms with Crippen molar-refractivity contribution in [1.29, 1.82) is 5.26 Å². The van der Waals surface area contributed by atoms with Crippen LogP contribution in [0.5, 0.6) is 0 Å². The molecule has 1 fully saturated rings. The second-order valence-electron chi connectivity index (χ2n) is 8.12. The maximum Gasteiger partial charge on any atom is 0.251 e. The first kappa shape index (κ1) is 20.1. The molecule has 1 N–H and O–H groups in total. The summed E-state index contributed by atoms with van der Waals surface area (Å²) in [4.78, 5) is 15.2. The van der Waals surface area contributed by atoms with Crippen LogP contribution in [0.15, 0.2) is 71.7 Å². The lowest BCUT2D eigenvalue weighted by Crippen LogP contribution is -2.46. The summed E-state index contributed by atoms with van der Waals surface area (Å²) in [6, 6.07) is 21.0. The monoisotopic (exact) mass is 399 g/mol. The third-order valence-electron chi connectivity index (χ3n) is 5.93. The van der Waals surface area contributed by atoms with Gasteiger partial charge in [0, 0.05) is 36.5 Å². The van der Waals surface area contributed by atoms with Gasteiger partial charge >= 0.3 is 0 Å². The Bertz CT molecular complexity index is 1140. The van der Waals surface area contributed by atoms with E-state index in [0.29, 0.717) is 18.4 Å². The number of aromatic nitrogens is 1. The number of aliphatic hydroxyl groups is 1. The minimum atomic E-state index is -0.906. The molecule has 1 aliphatic rings. The first-order valence-corrected chi connectivity index (χ1v) is 10.2. The van der Waals surface area contributed by atoms with E-state index in [1.54, 1.807) is 22.9 Å². The highest BCUT2D eigenvalue weighted by Crippen LogP contribution is 2.33. The van der Waals surface area contributed by atoms with Crippen molar-refractivity contribution >= 4 is 0 Å². The predicted molar refractivity (Wildman–Crippen MR) is 118 cm³/mol. The number of pyridine rings is 1. The van der Waals surface area contributed by atoms with E-state index in [2.05, 4.69) is 11.0 Å². The molecule has 1 aliphatic heterocycles. The summed E-state index contributed by atoms with van der Waals surface area (Å²) in [5, 5.41) is 20.7. The lowest BCUT2D eigenvalue weighted by molar-refractivity contribution is -0.0297. The third kappa shape index (κ3) is 4.06. The maximum absolute atomic E-state index is 13.0. The molecule has 0 unspecified atom stereocenters. The fraction of sp³-hybridized carbons (Fsp3) is 0.280. The largest absolute Gasteiger partial charge is 0.388 e. The van der Waals surface area contributed by atoms with Crippen LogP contribution in [-0.4, -0.2) is 40.3 Å². The second-order valence-corrected chi connectivity index (χ2v) is 8.12. The second kappa shape index (κ2) is 8.27. The molecule has 2 aromatic carbocycles. The Morgan fingerprint density at radius 3 is 2.37 bits per heavy atom. The Kier molecular flexibility index (Phi) is 5.54. The molecule has 1 saturated heterocycles. The van der Waals surface area contributed by atoms with Crippen LogP contribution in [0, 0.1) is 11.3 Å². The smallest absolute Gasteiger partial charge is 0.251 e. The molecule has 0 atom stereocenters. The average molecular weight is 399 g/mol. The van der Waals surface area contributed by atoms with E-state index in [1.165, 1.54) is 0 Å². The molecule has 0 aliphatic carbocycles. The molecular formula is C25H25N3O2. The summed E-state index contributed by atoms with van der Waals surface area (Å²) >= 11 is 0. The van der Waals surface area contributed by atoms with E-state index in [1.807, 2.05) is 55.6 Å². The van der Waals surface area contributed by atoms with Crippen molar-refractivity contribution < 1.29 is 5.11 Å².